The van der Waals surface area contributed by atoms with Crippen molar-refractivity contribution in [2.75, 3.05) is 18.5 Å². The molecule has 1 fully saturated rings. The van der Waals surface area contributed by atoms with Crippen LogP contribution in [0.15, 0.2) is 24.3 Å². The van der Waals surface area contributed by atoms with Crippen LogP contribution in [0.5, 0.6) is 0 Å². The first kappa shape index (κ1) is 14.3. The standard InChI is InChI=1S/C16H25FN2/c1-12-7-8-16(11-18,10-13(12)2)19(3)15-6-4-5-14(17)9-15/h4-6,9,12-13H,7-8,10-11,18H2,1-3H3. The van der Waals surface area contributed by atoms with Crippen LogP contribution < -0.4 is 10.6 Å². The molecule has 1 aliphatic rings. The van der Waals surface area contributed by atoms with Crippen LogP contribution in [0.25, 0.3) is 0 Å². The van der Waals surface area contributed by atoms with Crippen molar-refractivity contribution in [3.8, 4) is 0 Å². The number of anilines is 1. The minimum atomic E-state index is -0.186. The summed E-state index contributed by atoms with van der Waals surface area (Å²) in [6.45, 7) is 5.23. The molecule has 106 valence electrons. The molecule has 0 aliphatic heterocycles. The number of hydrogen-bond acceptors (Lipinski definition) is 2. The van der Waals surface area contributed by atoms with E-state index in [9.17, 15) is 4.39 Å². The number of halogens is 1. The normalized spacial score (nSPS) is 31.2. The summed E-state index contributed by atoms with van der Waals surface area (Å²) in [7, 11) is 2.05. The van der Waals surface area contributed by atoms with E-state index in [0.717, 1.165) is 24.4 Å². The Morgan fingerprint density at radius 3 is 2.68 bits per heavy atom. The number of benzene rings is 1. The van der Waals surface area contributed by atoms with Gasteiger partial charge in [0.1, 0.15) is 5.82 Å². The highest BCUT2D eigenvalue weighted by Gasteiger charge is 2.40. The summed E-state index contributed by atoms with van der Waals surface area (Å²) in [4.78, 5) is 2.19. The fourth-order valence-electron chi connectivity index (χ4n) is 3.27. The van der Waals surface area contributed by atoms with E-state index in [1.165, 1.54) is 12.5 Å². The summed E-state index contributed by atoms with van der Waals surface area (Å²) in [6, 6.07) is 6.81. The topological polar surface area (TPSA) is 29.3 Å². The lowest BCUT2D eigenvalue weighted by atomic mass is 9.70. The van der Waals surface area contributed by atoms with Crippen molar-refractivity contribution in [3.63, 3.8) is 0 Å². The van der Waals surface area contributed by atoms with Crippen LogP contribution >= 0.6 is 0 Å². The van der Waals surface area contributed by atoms with Crippen LogP contribution in [-0.2, 0) is 0 Å². The van der Waals surface area contributed by atoms with Gasteiger partial charge in [-0.25, -0.2) is 4.39 Å². The first-order valence-electron chi connectivity index (χ1n) is 7.18. The molecular weight excluding hydrogens is 239 g/mol. The summed E-state index contributed by atoms with van der Waals surface area (Å²) in [5.41, 5.74) is 6.98. The zero-order valence-electron chi connectivity index (χ0n) is 12.2. The van der Waals surface area contributed by atoms with Gasteiger partial charge in [-0.1, -0.05) is 19.9 Å². The molecule has 0 heterocycles. The van der Waals surface area contributed by atoms with Crippen molar-refractivity contribution in [2.45, 2.75) is 38.6 Å². The Balaban J connectivity index is 2.26. The van der Waals surface area contributed by atoms with Crippen molar-refractivity contribution in [1.29, 1.82) is 0 Å². The Hall–Kier alpha value is -1.09. The van der Waals surface area contributed by atoms with Crippen molar-refractivity contribution in [2.24, 2.45) is 17.6 Å². The summed E-state index contributed by atoms with van der Waals surface area (Å²) in [5, 5.41) is 0. The molecule has 3 heteroatoms. The van der Waals surface area contributed by atoms with E-state index in [1.54, 1.807) is 12.1 Å². The average Bonchev–Trinajstić information content (AvgIpc) is 2.41. The highest BCUT2D eigenvalue weighted by atomic mass is 19.1. The predicted molar refractivity (Wildman–Crippen MR) is 78.8 cm³/mol. The highest BCUT2D eigenvalue weighted by Crippen LogP contribution is 2.40. The second-order valence-corrected chi connectivity index (χ2v) is 6.16. The van der Waals surface area contributed by atoms with Gasteiger partial charge in [0.25, 0.3) is 0 Å². The Kier molecular flexibility index (Phi) is 4.14. The zero-order valence-corrected chi connectivity index (χ0v) is 12.2. The number of nitrogens with zero attached hydrogens (tertiary/aromatic N) is 1. The second kappa shape index (κ2) is 5.49. The first-order valence-corrected chi connectivity index (χ1v) is 7.18. The van der Waals surface area contributed by atoms with Crippen LogP contribution in [0.2, 0.25) is 0 Å². The molecule has 2 nitrogen and oxygen atoms in total. The van der Waals surface area contributed by atoms with Gasteiger partial charge in [-0.2, -0.15) is 0 Å². The maximum atomic E-state index is 13.4. The van der Waals surface area contributed by atoms with Crippen molar-refractivity contribution in [1.82, 2.24) is 0 Å². The van der Waals surface area contributed by atoms with Gasteiger partial charge in [0, 0.05) is 19.3 Å². The number of hydrogen-bond donors (Lipinski definition) is 1. The fraction of sp³-hybridized carbons (Fsp3) is 0.625. The summed E-state index contributed by atoms with van der Waals surface area (Å²) in [5.74, 6) is 1.22. The molecular formula is C16H25FN2. The van der Waals surface area contributed by atoms with E-state index in [2.05, 4.69) is 18.7 Å². The summed E-state index contributed by atoms with van der Waals surface area (Å²) < 4.78 is 13.4. The third-order valence-corrected chi connectivity index (χ3v) is 5.03. The molecule has 0 spiro atoms. The Bertz CT molecular complexity index is 435. The first-order chi connectivity index (χ1) is 8.98. The van der Waals surface area contributed by atoms with Gasteiger partial charge in [0.2, 0.25) is 0 Å². The van der Waals surface area contributed by atoms with Crippen LogP contribution in [0.4, 0.5) is 10.1 Å². The van der Waals surface area contributed by atoms with E-state index in [1.807, 2.05) is 13.1 Å². The number of likely N-dealkylation sites (N-methyl/N-ethyl adjacent to an activating group) is 1. The van der Waals surface area contributed by atoms with Gasteiger partial charge < -0.3 is 10.6 Å². The maximum absolute atomic E-state index is 13.4. The molecule has 1 saturated carbocycles. The van der Waals surface area contributed by atoms with Crippen molar-refractivity contribution < 1.29 is 4.39 Å². The quantitative estimate of drug-likeness (QED) is 0.906. The summed E-state index contributed by atoms with van der Waals surface area (Å²) in [6.07, 6.45) is 3.36. The Morgan fingerprint density at radius 1 is 1.37 bits per heavy atom. The fourth-order valence-corrected chi connectivity index (χ4v) is 3.27. The van der Waals surface area contributed by atoms with E-state index in [4.69, 9.17) is 5.73 Å². The lowest BCUT2D eigenvalue weighted by Crippen LogP contribution is -2.56. The third kappa shape index (κ3) is 2.76. The number of rotatable bonds is 3. The smallest absolute Gasteiger partial charge is 0.125 e. The molecule has 0 aromatic heterocycles. The van der Waals surface area contributed by atoms with E-state index < -0.39 is 0 Å². The van der Waals surface area contributed by atoms with Gasteiger partial charge in [-0.3, -0.25) is 0 Å². The minimum Gasteiger partial charge on any atom is -0.368 e. The van der Waals surface area contributed by atoms with Crippen molar-refractivity contribution in [3.05, 3.63) is 30.1 Å². The Morgan fingerprint density at radius 2 is 2.11 bits per heavy atom. The van der Waals surface area contributed by atoms with E-state index in [-0.39, 0.29) is 11.4 Å². The molecule has 19 heavy (non-hydrogen) atoms. The van der Waals surface area contributed by atoms with Gasteiger partial charge in [0.05, 0.1) is 5.54 Å². The maximum Gasteiger partial charge on any atom is 0.125 e. The molecule has 0 amide bonds. The van der Waals surface area contributed by atoms with E-state index in [0.29, 0.717) is 12.5 Å². The minimum absolute atomic E-state index is 0.0281. The highest BCUT2D eigenvalue weighted by molar-refractivity contribution is 5.49. The van der Waals surface area contributed by atoms with Crippen molar-refractivity contribution >= 4 is 5.69 Å². The van der Waals surface area contributed by atoms with E-state index >= 15 is 0 Å². The molecule has 1 aliphatic carbocycles. The monoisotopic (exact) mass is 264 g/mol. The van der Waals surface area contributed by atoms with Crippen LogP contribution in [-0.4, -0.2) is 19.1 Å². The van der Waals surface area contributed by atoms with Crippen LogP contribution in [0.1, 0.15) is 33.1 Å². The van der Waals surface area contributed by atoms with Gasteiger partial charge in [-0.15, -0.1) is 0 Å². The molecule has 1 aromatic carbocycles. The molecule has 0 saturated heterocycles. The average molecular weight is 264 g/mol. The lowest BCUT2D eigenvalue weighted by molar-refractivity contribution is 0.176. The SMILES string of the molecule is CC1CCC(CN)(N(C)c2cccc(F)c2)CC1C. The molecule has 2 N–H and O–H groups in total. The van der Waals surface area contributed by atoms with Gasteiger partial charge in [-0.05, 0) is 49.3 Å². The zero-order chi connectivity index (χ0) is 14.0. The molecule has 1 aromatic rings. The number of nitrogens with two attached hydrogens (primary N) is 1. The van der Waals surface area contributed by atoms with Crippen LogP contribution in [0, 0.1) is 17.7 Å². The summed E-state index contributed by atoms with van der Waals surface area (Å²) >= 11 is 0. The molecule has 3 unspecified atom stereocenters. The molecule has 3 atom stereocenters. The molecule has 0 bridgehead atoms. The Labute approximate surface area is 115 Å². The molecule has 0 radical (unpaired) electrons. The second-order valence-electron chi connectivity index (χ2n) is 6.16. The van der Waals surface area contributed by atoms with Crippen LogP contribution in [0.3, 0.4) is 0 Å². The van der Waals surface area contributed by atoms with Gasteiger partial charge >= 0.3 is 0 Å². The predicted octanol–water partition coefficient (Wildman–Crippen LogP) is 3.42. The molecule has 2 rings (SSSR count). The lowest BCUT2D eigenvalue weighted by Gasteiger charge is -2.49. The van der Waals surface area contributed by atoms with Gasteiger partial charge in [0.15, 0.2) is 0 Å². The largest absolute Gasteiger partial charge is 0.368 e. The third-order valence-electron chi connectivity index (χ3n) is 5.03.